The normalized spacial score (nSPS) is 23.8. The highest BCUT2D eigenvalue weighted by atomic mass is 32.2. The summed E-state index contributed by atoms with van der Waals surface area (Å²) in [6.45, 7) is 5.01. The van der Waals surface area contributed by atoms with Gasteiger partial charge >= 0.3 is 5.97 Å². The number of nitrogens with zero attached hydrogens (tertiary/aromatic N) is 2. The fraction of sp³-hybridized carbons (Fsp3) is 0.529. The minimum atomic E-state index is -2.95. The van der Waals surface area contributed by atoms with E-state index in [1.807, 2.05) is 12.1 Å². The van der Waals surface area contributed by atoms with Gasteiger partial charge in [-0.05, 0) is 37.6 Å². The van der Waals surface area contributed by atoms with E-state index in [1.54, 1.807) is 30.8 Å². The number of esters is 1. The molecular weight excluding hydrogens is 360 g/mol. The molecule has 0 spiro atoms. The molecule has 6 nitrogen and oxygen atoms in total. The van der Waals surface area contributed by atoms with Crippen molar-refractivity contribution in [3.8, 4) is 0 Å². The SMILES string of the molecule is CCCN(C1=N[C@H]2CS(=O)(=O)C[C@H]2S1)c1ccc(C(=O)OCC)cc1. The van der Waals surface area contributed by atoms with E-state index < -0.39 is 9.84 Å². The third-order valence-corrected chi connectivity index (χ3v) is 7.42. The number of carbonyl (C=O) groups excluding carboxylic acids is 1. The van der Waals surface area contributed by atoms with Crippen LogP contribution in [-0.4, -0.2) is 55.5 Å². The van der Waals surface area contributed by atoms with Gasteiger partial charge in [-0.1, -0.05) is 18.7 Å². The molecule has 25 heavy (non-hydrogen) atoms. The smallest absolute Gasteiger partial charge is 0.338 e. The summed E-state index contributed by atoms with van der Waals surface area (Å²) in [4.78, 5) is 18.5. The van der Waals surface area contributed by atoms with Crippen LogP contribution in [0.5, 0.6) is 0 Å². The van der Waals surface area contributed by atoms with Gasteiger partial charge in [-0.2, -0.15) is 0 Å². The Balaban J connectivity index is 1.79. The Kier molecular flexibility index (Phi) is 5.38. The fourth-order valence-electron chi connectivity index (χ4n) is 3.02. The number of aliphatic imine (C=N–C) groups is 1. The molecule has 0 radical (unpaired) electrons. The summed E-state index contributed by atoms with van der Waals surface area (Å²) in [5.74, 6) is 0.0240. The van der Waals surface area contributed by atoms with Crippen LogP contribution in [0.15, 0.2) is 29.3 Å². The third kappa shape index (κ3) is 4.00. The summed E-state index contributed by atoms with van der Waals surface area (Å²) in [7, 11) is -2.95. The lowest BCUT2D eigenvalue weighted by atomic mass is 10.2. The van der Waals surface area contributed by atoms with Crippen LogP contribution < -0.4 is 4.90 Å². The molecule has 0 bridgehead atoms. The Morgan fingerprint density at radius 2 is 2.00 bits per heavy atom. The summed E-state index contributed by atoms with van der Waals surface area (Å²) >= 11 is 1.55. The Hall–Kier alpha value is -1.54. The minimum absolute atomic E-state index is 0.0261. The second-order valence-corrected chi connectivity index (χ2v) is 9.49. The lowest BCUT2D eigenvalue weighted by molar-refractivity contribution is 0.0526. The molecule has 8 heteroatoms. The number of benzene rings is 1. The van der Waals surface area contributed by atoms with Crippen molar-refractivity contribution in [2.45, 2.75) is 31.6 Å². The fourth-order valence-corrected chi connectivity index (χ4v) is 6.83. The molecule has 0 saturated carbocycles. The number of amidine groups is 1. The first-order valence-electron chi connectivity index (χ1n) is 8.43. The standard InChI is InChI=1S/C17H22N2O4S2/c1-3-9-19(13-7-5-12(6-8-13)16(20)23-4-2)17-18-14-10-25(21,22)11-15(14)24-17/h5-8,14-15H,3-4,9-11H2,1-2H3/t14-,15+/m0/s1. The molecular formula is C17H22N2O4S2. The maximum absolute atomic E-state index is 11.8. The molecule has 136 valence electrons. The number of carbonyl (C=O) groups is 1. The van der Waals surface area contributed by atoms with E-state index in [1.165, 1.54) is 0 Å². The Morgan fingerprint density at radius 3 is 2.60 bits per heavy atom. The Bertz CT molecular complexity index is 774. The third-order valence-electron chi connectivity index (χ3n) is 4.17. The number of anilines is 1. The highest BCUT2D eigenvalue weighted by Gasteiger charge is 2.43. The highest BCUT2D eigenvalue weighted by Crippen LogP contribution is 2.36. The van der Waals surface area contributed by atoms with Gasteiger partial charge in [0.25, 0.3) is 0 Å². The molecule has 2 aliphatic rings. The first-order chi connectivity index (χ1) is 11.9. The zero-order valence-electron chi connectivity index (χ0n) is 14.3. The van der Waals surface area contributed by atoms with Gasteiger partial charge < -0.3 is 9.64 Å². The predicted octanol–water partition coefficient (Wildman–Crippen LogP) is 2.35. The number of ether oxygens (including phenoxy) is 1. The quantitative estimate of drug-likeness (QED) is 0.728. The van der Waals surface area contributed by atoms with Crippen LogP contribution in [0.4, 0.5) is 5.69 Å². The van der Waals surface area contributed by atoms with Crippen LogP contribution in [0, 0.1) is 0 Å². The van der Waals surface area contributed by atoms with E-state index in [-0.39, 0.29) is 28.8 Å². The topological polar surface area (TPSA) is 76.0 Å². The van der Waals surface area contributed by atoms with Gasteiger partial charge in [-0.25, -0.2) is 13.2 Å². The molecule has 1 aromatic carbocycles. The van der Waals surface area contributed by atoms with E-state index >= 15 is 0 Å². The molecule has 0 amide bonds. The van der Waals surface area contributed by atoms with E-state index in [4.69, 9.17) is 4.74 Å². The molecule has 0 unspecified atom stereocenters. The number of hydrogen-bond acceptors (Lipinski definition) is 7. The van der Waals surface area contributed by atoms with Crippen molar-refractivity contribution in [1.82, 2.24) is 0 Å². The van der Waals surface area contributed by atoms with Gasteiger partial charge in [0.2, 0.25) is 0 Å². The van der Waals surface area contributed by atoms with Crippen LogP contribution in [0.3, 0.4) is 0 Å². The van der Waals surface area contributed by atoms with Crippen molar-refractivity contribution in [2.75, 3.05) is 29.6 Å². The lowest BCUT2D eigenvalue weighted by Crippen LogP contribution is -2.29. The second-order valence-electron chi connectivity index (χ2n) is 6.13. The number of rotatable bonds is 5. The van der Waals surface area contributed by atoms with Gasteiger partial charge in [0.1, 0.15) is 0 Å². The minimum Gasteiger partial charge on any atom is -0.462 e. The van der Waals surface area contributed by atoms with Crippen molar-refractivity contribution < 1.29 is 17.9 Å². The molecule has 0 N–H and O–H groups in total. The molecule has 1 aromatic rings. The Labute approximate surface area is 152 Å². The number of hydrogen-bond donors (Lipinski definition) is 0. The largest absolute Gasteiger partial charge is 0.462 e. The van der Waals surface area contributed by atoms with Crippen LogP contribution in [0.1, 0.15) is 30.6 Å². The molecule has 0 aromatic heterocycles. The van der Waals surface area contributed by atoms with Crippen molar-refractivity contribution in [1.29, 1.82) is 0 Å². The maximum Gasteiger partial charge on any atom is 0.338 e. The van der Waals surface area contributed by atoms with Gasteiger partial charge in [-0.3, -0.25) is 4.99 Å². The average Bonchev–Trinajstić information content (AvgIpc) is 3.06. The van der Waals surface area contributed by atoms with Crippen LogP contribution in [-0.2, 0) is 14.6 Å². The average molecular weight is 383 g/mol. The van der Waals surface area contributed by atoms with Crippen LogP contribution >= 0.6 is 11.8 Å². The van der Waals surface area contributed by atoms with Gasteiger partial charge in [0.15, 0.2) is 15.0 Å². The van der Waals surface area contributed by atoms with Gasteiger partial charge in [0.05, 0.1) is 29.7 Å². The summed E-state index contributed by atoms with van der Waals surface area (Å²) in [6.07, 6.45) is 0.937. The first kappa shape index (κ1) is 18.3. The lowest BCUT2D eigenvalue weighted by Gasteiger charge is -2.24. The van der Waals surface area contributed by atoms with Crippen molar-refractivity contribution >= 4 is 38.4 Å². The number of sulfone groups is 1. The zero-order valence-corrected chi connectivity index (χ0v) is 16.0. The molecule has 2 aliphatic heterocycles. The summed E-state index contributed by atoms with van der Waals surface area (Å²) in [6, 6.07) is 7.14. The van der Waals surface area contributed by atoms with Crippen LogP contribution in [0.25, 0.3) is 0 Å². The summed E-state index contributed by atoms with van der Waals surface area (Å²) < 4.78 is 28.5. The molecule has 0 aliphatic carbocycles. The van der Waals surface area contributed by atoms with Crippen molar-refractivity contribution in [3.05, 3.63) is 29.8 Å². The van der Waals surface area contributed by atoms with Crippen molar-refractivity contribution in [3.63, 3.8) is 0 Å². The first-order valence-corrected chi connectivity index (χ1v) is 11.1. The van der Waals surface area contributed by atoms with Crippen molar-refractivity contribution in [2.24, 2.45) is 4.99 Å². The van der Waals surface area contributed by atoms with Crippen LogP contribution in [0.2, 0.25) is 0 Å². The molecule has 2 atom stereocenters. The number of thioether (sulfide) groups is 1. The summed E-state index contributed by atoms with van der Waals surface area (Å²) in [5, 5.41) is 0.897. The molecule has 2 heterocycles. The predicted molar refractivity (Wildman–Crippen MR) is 101 cm³/mol. The summed E-state index contributed by atoms with van der Waals surface area (Å²) in [5.41, 5.74) is 1.47. The van der Waals surface area contributed by atoms with Gasteiger partial charge in [-0.15, -0.1) is 0 Å². The van der Waals surface area contributed by atoms with E-state index in [0.29, 0.717) is 12.2 Å². The Morgan fingerprint density at radius 1 is 1.28 bits per heavy atom. The monoisotopic (exact) mass is 382 g/mol. The molecule has 1 saturated heterocycles. The van der Waals surface area contributed by atoms with E-state index in [2.05, 4.69) is 16.8 Å². The zero-order chi connectivity index (χ0) is 18.0. The van der Waals surface area contributed by atoms with Gasteiger partial charge in [0, 0.05) is 17.5 Å². The second kappa shape index (κ2) is 7.37. The number of fused-ring (bicyclic) bond motifs is 1. The maximum atomic E-state index is 11.8. The highest BCUT2D eigenvalue weighted by molar-refractivity contribution is 8.15. The molecule has 1 fully saturated rings. The molecule has 3 rings (SSSR count). The van der Waals surface area contributed by atoms with E-state index in [9.17, 15) is 13.2 Å². The van der Waals surface area contributed by atoms with E-state index in [0.717, 1.165) is 23.8 Å².